The van der Waals surface area contributed by atoms with E-state index >= 15 is 0 Å². The lowest BCUT2D eigenvalue weighted by Crippen LogP contribution is -2.58. The highest BCUT2D eigenvalue weighted by Gasteiger charge is 2.51. The summed E-state index contributed by atoms with van der Waals surface area (Å²) in [6.07, 6.45) is 8.38. The molecule has 3 aliphatic rings. The van der Waals surface area contributed by atoms with Gasteiger partial charge in [-0.05, 0) is 49.8 Å². The molecule has 1 aromatic heterocycles. The maximum absolute atomic E-state index is 13.0. The van der Waals surface area contributed by atoms with E-state index in [1.165, 1.54) is 0 Å². The molecule has 3 aliphatic heterocycles. The van der Waals surface area contributed by atoms with Crippen molar-refractivity contribution < 1.29 is 14.3 Å². The highest BCUT2D eigenvalue weighted by atomic mass is 16.5. The van der Waals surface area contributed by atoms with E-state index in [1.807, 2.05) is 21.9 Å². The molecular formula is C19H25N3O3. The number of carbonyl (C=O) groups excluding carboxylic acids is 2. The fraction of sp³-hybridized carbons (Fsp3) is 0.632. The number of ether oxygens (including phenoxy) is 1. The van der Waals surface area contributed by atoms with Gasteiger partial charge in [-0.25, -0.2) is 0 Å². The molecule has 1 aromatic rings. The van der Waals surface area contributed by atoms with Crippen LogP contribution in [0.25, 0.3) is 0 Å². The van der Waals surface area contributed by atoms with Crippen molar-refractivity contribution in [1.82, 2.24) is 14.8 Å². The van der Waals surface area contributed by atoms with Gasteiger partial charge in [-0.1, -0.05) is 0 Å². The van der Waals surface area contributed by atoms with Crippen molar-refractivity contribution in [3.05, 3.63) is 30.1 Å². The lowest BCUT2D eigenvalue weighted by Gasteiger charge is -2.45. The van der Waals surface area contributed by atoms with E-state index in [1.54, 1.807) is 12.4 Å². The van der Waals surface area contributed by atoms with Crippen LogP contribution in [0.4, 0.5) is 0 Å². The van der Waals surface area contributed by atoms with Gasteiger partial charge in [0.25, 0.3) is 5.91 Å². The van der Waals surface area contributed by atoms with Crippen LogP contribution >= 0.6 is 0 Å². The standard InChI is InChI=1S/C19H25N3O3/c23-17-12-19(14-21(17)13-15-5-8-20-9-6-15)7-1-2-10-22(19)18(24)16-4-3-11-25-16/h5-6,8-9,16H,1-4,7,10-14H2/t16-,19+/m0/s1. The van der Waals surface area contributed by atoms with Gasteiger partial charge >= 0.3 is 0 Å². The fourth-order valence-corrected chi connectivity index (χ4v) is 4.48. The first-order valence-electron chi connectivity index (χ1n) is 9.28. The number of hydrogen-bond donors (Lipinski definition) is 0. The number of aromatic nitrogens is 1. The van der Waals surface area contributed by atoms with Crippen LogP contribution in [0.5, 0.6) is 0 Å². The molecule has 0 aliphatic carbocycles. The van der Waals surface area contributed by atoms with Gasteiger partial charge < -0.3 is 14.5 Å². The molecular weight excluding hydrogens is 318 g/mol. The molecule has 0 unspecified atom stereocenters. The third-order valence-corrected chi connectivity index (χ3v) is 5.76. The Kier molecular flexibility index (Phi) is 4.46. The number of amides is 2. The van der Waals surface area contributed by atoms with Gasteiger partial charge in [0.05, 0.1) is 12.0 Å². The Morgan fingerprint density at radius 2 is 2.12 bits per heavy atom. The Morgan fingerprint density at radius 1 is 1.28 bits per heavy atom. The largest absolute Gasteiger partial charge is 0.368 e. The predicted molar refractivity (Wildman–Crippen MR) is 91.5 cm³/mol. The molecule has 0 saturated carbocycles. The number of rotatable bonds is 3. The first-order chi connectivity index (χ1) is 12.2. The third-order valence-electron chi connectivity index (χ3n) is 5.76. The average molecular weight is 343 g/mol. The second kappa shape index (κ2) is 6.75. The maximum atomic E-state index is 13.0. The minimum atomic E-state index is -0.342. The summed E-state index contributed by atoms with van der Waals surface area (Å²) < 4.78 is 5.62. The van der Waals surface area contributed by atoms with Crippen molar-refractivity contribution in [2.45, 2.75) is 56.7 Å². The summed E-state index contributed by atoms with van der Waals surface area (Å²) in [4.78, 5) is 33.6. The number of pyridine rings is 1. The molecule has 1 spiro atoms. The molecule has 0 bridgehead atoms. The SMILES string of the molecule is O=C1C[C@]2(CCCCN2C(=O)[C@@H]2CCCO2)CN1Cc1ccncc1. The number of hydrogen-bond acceptors (Lipinski definition) is 4. The third kappa shape index (κ3) is 3.15. The lowest BCUT2D eigenvalue weighted by atomic mass is 9.85. The lowest BCUT2D eigenvalue weighted by molar-refractivity contribution is -0.149. The summed E-state index contributed by atoms with van der Waals surface area (Å²) in [6.45, 7) is 2.64. The van der Waals surface area contributed by atoms with Crippen molar-refractivity contribution in [3.8, 4) is 0 Å². The summed E-state index contributed by atoms with van der Waals surface area (Å²) in [7, 11) is 0. The van der Waals surface area contributed by atoms with Gasteiger partial charge in [0, 0.05) is 38.6 Å². The number of nitrogens with zero attached hydrogens (tertiary/aromatic N) is 3. The Morgan fingerprint density at radius 3 is 2.88 bits per heavy atom. The van der Waals surface area contributed by atoms with E-state index in [-0.39, 0.29) is 23.5 Å². The van der Waals surface area contributed by atoms with E-state index in [2.05, 4.69) is 4.98 Å². The molecule has 4 heterocycles. The van der Waals surface area contributed by atoms with Crippen LogP contribution in [0.3, 0.4) is 0 Å². The Labute approximate surface area is 148 Å². The number of likely N-dealkylation sites (tertiary alicyclic amines) is 2. The van der Waals surface area contributed by atoms with E-state index in [0.717, 1.165) is 44.2 Å². The van der Waals surface area contributed by atoms with E-state index < -0.39 is 0 Å². The topological polar surface area (TPSA) is 62.7 Å². The van der Waals surface area contributed by atoms with Crippen molar-refractivity contribution in [1.29, 1.82) is 0 Å². The quantitative estimate of drug-likeness (QED) is 0.839. The van der Waals surface area contributed by atoms with Gasteiger partial charge in [0.2, 0.25) is 5.91 Å². The van der Waals surface area contributed by atoms with E-state index in [0.29, 0.717) is 26.1 Å². The first kappa shape index (κ1) is 16.5. The Balaban J connectivity index is 1.52. The minimum absolute atomic E-state index is 0.0933. The van der Waals surface area contributed by atoms with Crippen LogP contribution in [0, 0.1) is 0 Å². The fourth-order valence-electron chi connectivity index (χ4n) is 4.48. The molecule has 6 heteroatoms. The van der Waals surface area contributed by atoms with Gasteiger partial charge in [0.1, 0.15) is 6.10 Å². The molecule has 0 radical (unpaired) electrons. The summed E-state index contributed by atoms with van der Waals surface area (Å²) in [5.41, 5.74) is 0.735. The summed E-state index contributed by atoms with van der Waals surface area (Å²) in [5.74, 6) is 0.236. The molecule has 3 saturated heterocycles. The van der Waals surface area contributed by atoms with Crippen LogP contribution in [-0.4, -0.2) is 57.9 Å². The van der Waals surface area contributed by atoms with Crippen LogP contribution < -0.4 is 0 Å². The second-order valence-electron chi connectivity index (χ2n) is 7.46. The zero-order valence-electron chi connectivity index (χ0n) is 14.5. The molecule has 0 aromatic carbocycles. The molecule has 6 nitrogen and oxygen atoms in total. The van der Waals surface area contributed by atoms with Crippen molar-refractivity contribution in [2.24, 2.45) is 0 Å². The normalized spacial score (nSPS) is 29.6. The Bertz CT molecular complexity index is 645. The number of piperidine rings is 1. The van der Waals surface area contributed by atoms with E-state index in [9.17, 15) is 9.59 Å². The van der Waals surface area contributed by atoms with Gasteiger partial charge in [-0.2, -0.15) is 0 Å². The zero-order valence-corrected chi connectivity index (χ0v) is 14.5. The monoisotopic (exact) mass is 343 g/mol. The first-order valence-corrected chi connectivity index (χ1v) is 9.28. The minimum Gasteiger partial charge on any atom is -0.368 e. The molecule has 134 valence electrons. The number of carbonyl (C=O) groups is 2. The van der Waals surface area contributed by atoms with Crippen LogP contribution in [-0.2, 0) is 20.9 Å². The highest BCUT2D eigenvalue weighted by molar-refractivity contribution is 5.86. The molecule has 0 N–H and O–H groups in total. The Hall–Kier alpha value is -1.95. The van der Waals surface area contributed by atoms with Gasteiger partial charge in [0.15, 0.2) is 0 Å². The van der Waals surface area contributed by atoms with Crippen molar-refractivity contribution in [2.75, 3.05) is 19.7 Å². The molecule has 3 fully saturated rings. The summed E-state index contributed by atoms with van der Waals surface area (Å²) in [5, 5.41) is 0. The van der Waals surface area contributed by atoms with E-state index in [4.69, 9.17) is 4.74 Å². The van der Waals surface area contributed by atoms with Crippen LogP contribution in [0.1, 0.15) is 44.1 Å². The van der Waals surface area contributed by atoms with Gasteiger partial charge in [-0.3, -0.25) is 14.6 Å². The molecule has 25 heavy (non-hydrogen) atoms. The maximum Gasteiger partial charge on any atom is 0.252 e. The van der Waals surface area contributed by atoms with Crippen molar-refractivity contribution in [3.63, 3.8) is 0 Å². The van der Waals surface area contributed by atoms with Crippen LogP contribution in [0.15, 0.2) is 24.5 Å². The smallest absolute Gasteiger partial charge is 0.252 e. The summed E-state index contributed by atoms with van der Waals surface area (Å²) in [6, 6.07) is 3.88. The van der Waals surface area contributed by atoms with Gasteiger partial charge in [-0.15, -0.1) is 0 Å². The molecule has 2 atom stereocenters. The second-order valence-corrected chi connectivity index (χ2v) is 7.46. The molecule has 4 rings (SSSR count). The average Bonchev–Trinajstić information content (AvgIpc) is 3.25. The summed E-state index contributed by atoms with van der Waals surface area (Å²) >= 11 is 0. The highest BCUT2D eigenvalue weighted by Crippen LogP contribution is 2.39. The van der Waals surface area contributed by atoms with Crippen LogP contribution in [0.2, 0.25) is 0 Å². The van der Waals surface area contributed by atoms with Crippen molar-refractivity contribution >= 4 is 11.8 Å². The predicted octanol–water partition coefficient (Wildman–Crippen LogP) is 1.74. The zero-order chi connectivity index (χ0) is 17.3. The molecule has 2 amide bonds.